The standard InChI is InChI=1S/C18H32N2/c1-14(2)10-11-20-13-17(15-8-9-15)19-12-18(20)16-6-4-3-5-7-16/h10,15-19H,3-9,11-13H2,1-2H3. The van der Waals surface area contributed by atoms with Gasteiger partial charge in [0.05, 0.1) is 0 Å². The molecule has 3 rings (SSSR count). The van der Waals surface area contributed by atoms with Crippen molar-refractivity contribution in [1.29, 1.82) is 0 Å². The van der Waals surface area contributed by atoms with Crippen molar-refractivity contribution in [3.63, 3.8) is 0 Å². The van der Waals surface area contributed by atoms with E-state index in [1.165, 1.54) is 70.2 Å². The average Bonchev–Trinajstić information content (AvgIpc) is 3.30. The molecule has 0 aromatic heterocycles. The molecule has 2 heteroatoms. The molecule has 2 unspecified atom stereocenters. The first-order chi connectivity index (χ1) is 9.74. The summed E-state index contributed by atoms with van der Waals surface area (Å²) < 4.78 is 0. The fourth-order valence-corrected chi connectivity index (χ4v) is 4.16. The summed E-state index contributed by atoms with van der Waals surface area (Å²) in [4.78, 5) is 2.81. The average molecular weight is 276 g/mol. The van der Waals surface area contributed by atoms with Gasteiger partial charge in [0.25, 0.3) is 0 Å². The Morgan fingerprint density at radius 3 is 2.45 bits per heavy atom. The van der Waals surface area contributed by atoms with E-state index in [-0.39, 0.29) is 0 Å². The Bertz CT molecular complexity index is 335. The molecule has 0 amide bonds. The minimum absolute atomic E-state index is 0.778. The Kier molecular flexibility index (Phi) is 4.83. The molecule has 3 fully saturated rings. The van der Waals surface area contributed by atoms with Gasteiger partial charge in [-0.2, -0.15) is 0 Å². The Hall–Kier alpha value is -0.340. The number of hydrogen-bond donors (Lipinski definition) is 1. The number of nitrogens with zero attached hydrogens (tertiary/aromatic N) is 1. The summed E-state index contributed by atoms with van der Waals surface area (Å²) in [7, 11) is 0. The number of allylic oxidation sites excluding steroid dienone is 1. The molecule has 2 saturated carbocycles. The van der Waals surface area contributed by atoms with Gasteiger partial charge in [-0.15, -0.1) is 0 Å². The van der Waals surface area contributed by atoms with Crippen LogP contribution in [0.15, 0.2) is 11.6 Å². The molecule has 114 valence electrons. The van der Waals surface area contributed by atoms with Crippen molar-refractivity contribution in [2.24, 2.45) is 11.8 Å². The second kappa shape index (κ2) is 6.62. The fourth-order valence-electron chi connectivity index (χ4n) is 4.16. The van der Waals surface area contributed by atoms with Crippen LogP contribution >= 0.6 is 0 Å². The third-order valence-electron chi connectivity index (χ3n) is 5.61. The fraction of sp³-hybridized carbons (Fsp3) is 0.889. The van der Waals surface area contributed by atoms with Crippen LogP contribution in [-0.2, 0) is 0 Å². The van der Waals surface area contributed by atoms with Gasteiger partial charge in [-0.05, 0) is 51.4 Å². The smallest absolute Gasteiger partial charge is 0.0252 e. The Labute approximate surface area is 125 Å². The van der Waals surface area contributed by atoms with Gasteiger partial charge in [-0.1, -0.05) is 30.9 Å². The normalized spacial score (nSPS) is 33.1. The first-order valence-electron chi connectivity index (χ1n) is 8.85. The molecule has 2 nitrogen and oxygen atoms in total. The number of piperazine rings is 1. The molecule has 2 aliphatic carbocycles. The molecular formula is C18H32N2. The second-order valence-corrected chi connectivity index (χ2v) is 7.55. The molecule has 0 spiro atoms. The van der Waals surface area contributed by atoms with Crippen LogP contribution in [-0.4, -0.2) is 36.6 Å². The van der Waals surface area contributed by atoms with Crippen LogP contribution in [0.5, 0.6) is 0 Å². The van der Waals surface area contributed by atoms with Crippen molar-refractivity contribution in [2.45, 2.75) is 70.9 Å². The molecule has 0 aromatic carbocycles. The van der Waals surface area contributed by atoms with Gasteiger partial charge in [0, 0.05) is 31.7 Å². The van der Waals surface area contributed by atoms with Gasteiger partial charge in [-0.25, -0.2) is 0 Å². The first kappa shape index (κ1) is 14.6. The lowest BCUT2D eigenvalue weighted by Crippen LogP contribution is -2.59. The maximum Gasteiger partial charge on any atom is 0.0252 e. The Morgan fingerprint density at radius 1 is 1.05 bits per heavy atom. The molecule has 20 heavy (non-hydrogen) atoms. The van der Waals surface area contributed by atoms with Crippen LogP contribution in [0.3, 0.4) is 0 Å². The van der Waals surface area contributed by atoms with E-state index in [0.717, 1.165) is 23.9 Å². The van der Waals surface area contributed by atoms with Gasteiger partial charge < -0.3 is 5.32 Å². The molecule has 0 bridgehead atoms. The van der Waals surface area contributed by atoms with E-state index in [0.29, 0.717) is 0 Å². The molecule has 1 N–H and O–H groups in total. The maximum atomic E-state index is 3.88. The third-order valence-corrected chi connectivity index (χ3v) is 5.61. The molecule has 1 heterocycles. The molecule has 1 aliphatic heterocycles. The predicted molar refractivity (Wildman–Crippen MR) is 85.9 cm³/mol. The van der Waals surface area contributed by atoms with E-state index in [1.807, 2.05) is 0 Å². The van der Waals surface area contributed by atoms with E-state index < -0.39 is 0 Å². The molecule has 1 saturated heterocycles. The highest BCUT2D eigenvalue weighted by atomic mass is 15.2. The summed E-state index contributed by atoms with van der Waals surface area (Å²) in [6.45, 7) is 8.17. The van der Waals surface area contributed by atoms with Crippen molar-refractivity contribution in [3.8, 4) is 0 Å². The summed E-state index contributed by atoms with van der Waals surface area (Å²) in [6, 6.07) is 1.57. The van der Waals surface area contributed by atoms with Gasteiger partial charge in [0.2, 0.25) is 0 Å². The summed E-state index contributed by atoms with van der Waals surface area (Å²) in [5, 5.41) is 3.88. The summed E-state index contributed by atoms with van der Waals surface area (Å²) >= 11 is 0. The van der Waals surface area contributed by atoms with E-state index in [9.17, 15) is 0 Å². The topological polar surface area (TPSA) is 15.3 Å². The monoisotopic (exact) mass is 276 g/mol. The van der Waals surface area contributed by atoms with Crippen molar-refractivity contribution < 1.29 is 0 Å². The van der Waals surface area contributed by atoms with Crippen LogP contribution in [0, 0.1) is 11.8 Å². The van der Waals surface area contributed by atoms with Crippen molar-refractivity contribution in [3.05, 3.63) is 11.6 Å². The lowest BCUT2D eigenvalue weighted by molar-refractivity contribution is 0.0772. The van der Waals surface area contributed by atoms with Gasteiger partial charge in [0.1, 0.15) is 0 Å². The lowest BCUT2D eigenvalue weighted by Gasteiger charge is -2.45. The molecular weight excluding hydrogens is 244 g/mol. The minimum atomic E-state index is 0.778. The van der Waals surface area contributed by atoms with Crippen LogP contribution < -0.4 is 5.32 Å². The van der Waals surface area contributed by atoms with Crippen molar-refractivity contribution in [2.75, 3.05) is 19.6 Å². The maximum absolute atomic E-state index is 3.88. The van der Waals surface area contributed by atoms with E-state index >= 15 is 0 Å². The summed E-state index contributed by atoms with van der Waals surface area (Å²) in [6.07, 6.45) is 12.7. The Morgan fingerprint density at radius 2 is 1.80 bits per heavy atom. The minimum Gasteiger partial charge on any atom is -0.311 e. The first-order valence-corrected chi connectivity index (χ1v) is 8.85. The zero-order valence-electron chi connectivity index (χ0n) is 13.4. The largest absolute Gasteiger partial charge is 0.311 e. The number of rotatable bonds is 4. The number of hydrogen-bond acceptors (Lipinski definition) is 2. The van der Waals surface area contributed by atoms with Gasteiger partial charge >= 0.3 is 0 Å². The molecule has 0 aromatic rings. The van der Waals surface area contributed by atoms with Crippen molar-refractivity contribution in [1.82, 2.24) is 10.2 Å². The van der Waals surface area contributed by atoms with Gasteiger partial charge in [0.15, 0.2) is 0 Å². The van der Waals surface area contributed by atoms with E-state index in [1.54, 1.807) is 0 Å². The zero-order valence-corrected chi connectivity index (χ0v) is 13.4. The third kappa shape index (κ3) is 3.65. The van der Waals surface area contributed by atoms with Crippen LogP contribution in [0.1, 0.15) is 58.8 Å². The molecule has 3 aliphatic rings. The highest BCUT2D eigenvalue weighted by Gasteiger charge is 2.39. The van der Waals surface area contributed by atoms with Crippen molar-refractivity contribution >= 4 is 0 Å². The van der Waals surface area contributed by atoms with Gasteiger partial charge in [-0.3, -0.25) is 4.90 Å². The Balaban J connectivity index is 1.64. The van der Waals surface area contributed by atoms with E-state index in [2.05, 4.69) is 30.1 Å². The second-order valence-electron chi connectivity index (χ2n) is 7.55. The predicted octanol–water partition coefficient (Wildman–Crippen LogP) is 3.59. The number of nitrogens with one attached hydrogen (secondary N) is 1. The molecule has 0 radical (unpaired) electrons. The molecule has 2 atom stereocenters. The SMILES string of the molecule is CC(C)=CCN1CC(C2CC2)NCC1C1CCCCC1. The van der Waals surface area contributed by atoms with E-state index in [4.69, 9.17) is 0 Å². The van der Waals surface area contributed by atoms with Crippen LogP contribution in [0.25, 0.3) is 0 Å². The zero-order chi connectivity index (χ0) is 13.9. The van der Waals surface area contributed by atoms with Crippen LogP contribution in [0.2, 0.25) is 0 Å². The summed E-state index contributed by atoms with van der Waals surface area (Å²) in [5.41, 5.74) is 1.47. The summed E-state index contributed by atoms with van der Waals surface area (Å²) in [5.74, 6) is 1.93. The lowest BCUT2D eigenvalue weighted by atomic mass is 9.82. The highest BCUT2D eigenvalue weighted by molar-refractivity contribution is 5.01. The quantitative estimate of drug-likeness (QED) is 0.790. The highest BCUT2D eigenvalue weighted by Crippen LogP contribution is 2.36. The van der Waals surface area contributed by atoms with Crippen LogP contribution in [0.4, 0.5) is 0 Å².